The van der Waals surface area contributed by atoms with E-state index in [1.807, 2.05) is 12.4 Å². The van der Waals surface area contributed by atoms with Gasteiger partial charge in [0, 0.05) is 58.8 Å². The maximum absolute atomic E-state index is 5.89. The van der Waals surface area contributed by atoms with Gasteiger partial charge in [0.2, 0.25) is 0 Å². The number of methoxy groups -OCH3 is 1. The van der Waals surface area contributed by atoms with E-state index < -0.39 is 0 Å². The summed E-state index contributed by atoms with van der Waals surface area (Å²) in [5.41, 5.74) is 0. The second-order valence-corrected chi connectivity index (χ2v) is 6.06. The van der Waals surface area contributed by atoms with E-state index in [1.165, 1.54) is 0 Å². The quantitative estimate of drug-likeness (QED) is 0.708. The lowest BCUT2D eigenvalue weighted by Gasteiger charge is -2.36. The van der Waals surface area contributed by atoms with Crippen molar-refractivity contribution in [2.24, 2.45) is 7.05 Å². The van der Waals surface area contributed by atoms with Crippen LogP contribution in [0.3, 0.4) is 0 Å². The monoisotopic (exact) mass is 294 g/mol. The Hall–Kier alpha value is -0.950. The molecule has 0 radical (unpaired) electrons. The van der Waals surface area contributed by atoms with Crippen LogP contribution < -0.4 is 0 Å². The molecule has 0 aliphatic carbocycles. The predicted molar refractivity (Wildman–Crippen MR) is 80.1 cm³/mol. The molecule has 0 bridgehead atoms. The van der Waals surface area contributed by atoms with Gasteiger partial charge < -0.3 is 14.0 Å². The molecule has 0 N–H and O–H groups in total. The average Bonchev–Trinajstić information content (AvgIpc) is 3.05. The molecule has 2 atom stereocenters. The molecule has 0 unspecified atom stereocenters. The van der Waals surface area contributed by atoms with E-state index >= 15 is 0 Å². The number of hydrogen-bond donors (Lipinski definition) is 0. The first-order chi connectivity index (χ1) is 10.3. The summed E-state index contributed by atoms with van der Waals surface area (Å²) in [5.74, 6) is 1.15. The molecule has 2 fully saturated rings. The Morgan fingerprint density at radius 3 is 2.95 bits per heavy atom. The van der Waals surface area contributed by atoms with Crippen LogP contribution in [0.4, 0.5) is 0 Å². The van der Waals surface area contributed by atoms with Crippen LogP contribution in [0.5, 0.6) is 0 Å². The van der Waals surface area contributed by atoms with Crippen LogP contribution in [0.15, 0.2) is 12.4 Å². The lowest BCUT2D eigenvalue weighted by Crippen LogP contribution is -2.49. The minimum atomic E-state index is 0.373. The van der Waals surface area contributed by atoms with Crippen LogP contribution in [0.1, 0.15) is 12.2 Å². The van der Waals surface area contributed by atoms with E-state index in [2.05, 4.69) is 26.4 Å². The molecular weight excluding hydrogens is 268 g/mol. The molecule has 6 nitrogen and oxygen atoms in total. The molecule has 6 heteroatoms. The molecule has 0 spiro atoms. The van der Waals surface area contributed by atoms with Gasteiger partial charge in [-0.05, 0) is 6.42 Å². The first-order valence-electron chi connectivity index (χ1n) is 7.79. The molecule has 2 aliphatic rings. The van der Waals surface area contributed by atoms with E-state index in [9.17, 15) is 0 Å². The first-order valence-corrected chi connectivity index (χ1v) is 7.79. The molecule has 2 aliphatic heterocycles. The predicted octanol–water partition coefficient (Wildman–Crippen LogP) is 0.342. The summed E-state index contributed by atoms with van der Waals surface area (Å²) in [6, 6.07) is 0.631. The number of ether oxygens (including phenoxy) is 2. The smallest absolute Gasteiger partial charge is 0.122 e. The Balaban J connectivity index is 1.48. The summed E-state index contributed by atoms with van der Waals surface area (Å²) < 4.78 is 13.1. The highest BCUT2D eigenvalue weighted by Crippen LogP contribution is 2.24. The first kappa shape index (κ1) is 15.0. The number of fused-ring (bicyclic) bond motifs is 1. The summed E-state index contributed by atoms with van der Waals surface area (Å²) in [5, 5.41) is 0. The number of aromatic nitrogens is 2. The average molecular weight is 294 g/mol. The fourth-order valence-corrected chi connectivity index (χ4v) is 3.37. The SMILES string of the molecule is COCCO[C@@H]1C[C@H]2CN(Cc3nccn3C)CCN2C1. The van der Waals surface area contributed by atoms with Crippen molar-refractivity contribution in [3.05, 3.63) is 18.2 Å². The Labute approximate surface area is 126 Å². The molecule has 1 aromatic rings. The van der Waals surface area contributed by atoms with Crippen molar-refractivity contribution in [2.45, 2.75) is 25.1 Å². The molecule has 0 saturated carbocycles. The van der Waals surface area contributed by atoms with Crippen LogP contribution in [0.2, 0.25) is 0 Å². The van der Waals surface area contributed by atoms with Crippen molar-refractivity contribution in [1.29, 1.82) is 0 Å². The second-order valence-electron chi connectivity index (χ2n) is 6.06. The fraction of sp³-hybridized carbons (Fsp3) is 0.800. The summed E-state index contributed by atoms with van der Waals surface area (Å²) >= 11 is 0. The highest BCUT2D eigenvalue weighted by atomic mass is 16.5. The topological polar surface area (TPSA) is 42.8 Å². The van der Waals surface area contributed by atoms with E-state index in [-0.39, 0.29) is 0 Å². The van der Waals surface area contributed by atoms with Gasteiger partial charge in [0.25, 0.3) is 0 Å². The van der Waals surface area contributed by atoms with Crippen molar-refractivity contribution in [3.8, 4) is 0 Å². The molecule has 3 rings (SSSR count). The molecule has 21 heavy (non-hydrogen) atoms. The Kier molecular flexibility index (Phi) is 4.90. The minimum absolute atomic E-state index is 0.373. The molecule has 0 aromatic carbocycles. The van der Waals surface area contributed by atoms with Crippen molar-refractivity contribution < 1.29 is 9.47 Å². The van der Waals surface area contributed by atoms with Gasteiger partial charge in [-0.15, -0.1) is 0 Å². The van der Waals surface area contributed by atoms with Crippen LogP contribution in [0, 0.1) is 0 Å². The Morgan fingerprint density at radius 1 is 1.29 bits per heavy atom. The van der Waals surface area contributed by atoms with Crippen LogP contribution in [0.25, 0.3) is 0 Å². The molecule has 3 heterocycles. The van der Waals surface area contributed by atoms with Gasteiger partial charge >= 0.3 is 0 Å². The third-order valence-electron chi connectivity index (χ3n) is 4.59. The molecule has 1 aromatic heterocycles. The second kappa shape index (κ2) is 6.87. The normalized spacial score (nSPS) is 27.1. The molecule has 0 amide bonds. The highest BCUT2D eigenvalue weighted by Gasteiger charge is 2.36. The summed E-state index contributed by atoms with van der Waals surface area (Å²) in [6.07, 6.45) is 5.40. The number of rotatable bonds is 6. The van der Waals surface area contributed by atoms with Gasteiger partial charge in [0.15, 0.2) is 0 Å². The number of hydrogen-bond acceptors (Lipinski definition) is 5. The van der Waals surface area contributed by atoms with E-state index in [0.717, 1.165) is 45.0 Å². The van der Waals surface area contributed by atoms with Gasteiger partial charge in [0.1, 0.15) is 5.82 Å². The van der Waals surface area contributed by atoms with Gasteiger partial charge in [-0.2, -0.15) is 0 Å². The van der Waals surface area contributed by atoms with E-state index in [4.69, 9.17) is 9.47 Å². The maximum Gasteiger partial charge on any atom is 0.122 e. The molecule has 118 valence electrons. The number of nitrogens with zero attached hydrogens (tertiary/aromatic N) is 4. The lowest BCUT2D eigenvalue weighted by atomic mass is 10.1. The number of aryl methyl sites for hydroxylation is 1. The van der Waals surface area contributed by atoms with Crippen molar-refractivity contribution >= 4 is 0 Å². The Morgan fingerprint density at radius 2 is 2.19 bits per heavy atom. The zero-order valence-electron chi connectivity index (χ0n) is 13.1. The molecule has 2 saturated heterocycles. The van der Waals surface area contributed by atoms with Gasteiger partial charge in [0.05, 0.1) is 25.9 Å². The van der Waals surface area contributed by atoms with Crippen molar-refractivity contribution in [2.75, 3.05) is 46.5 Å². The number of imidazole rings is 1. The summed E-state index contributed by atoms with van der Waals surface area (Å²) in [4.78, 5) is 9.52. The standard InChI is InChI=1S/C15H26N4O2/c1-17-4-3-16-15(17)12-18-5-6-19-11-14(9-13(19)10-18)21-8-7-20-2/h3-4,13-14H,5-12H2,1-2H3/t13-,14+/m0/s1. The van der Waals surface area contributed by atoms with Gasteiger partial charge in [-0.1, -0.05) is 0 Å². The summed E-state index contributed by atoms with van der Waals surface area (Å²) in [6.45, 7) is 6.79. The third kappa shape index (κ3) is 3.63. The minimum Gasteiger partial charge on any atom is -0.382 e. The van der Waals surface area contributed by atoms with Gasteiger partial charge in [-0.25, -0.2) is 4.98 Å². The van der Waals surface area contributed by atoms with E-state index in [0.29, 0.717) is 25.4 Å². The van der Waals surface area contributed by atoms with Crippen molar-refractivity contribution in [3.63, 3.8) is 0 Å². The zero-order chi connectivity index (χ0) is 14.7. The zero-order valence-corrected chi connectivity index (χ0v) is 13.1. The highest BCUT2D eigenvalue weighted by molar-refractivity contribution is 4.95. The van der Waals surface area contributed by atoms with Crippen LogP contribution in [-0.4, -0.2) is 78.0 Å². The Bertz CT molecular complexity index is 451. The maximum atomic E-state index is 5.89. The summed E-state index contributed by atoms with van der Waals surface area (Å²) in [7, 11) is 3.78. The largest absolute Gasteiger partial charge is 0.382 e. The third-order valence-corrected chi connectivity index (χ3v) is 4.59. The molecular formula is C15H26N4O2. The fourth-order valence-electron chi connectivity index (χ4n) is 3.37. The lowest BCUT2D eigenvalue weighted by molar-refractivity contribution is 0.0220. The van der Waals surface area contributed by atoms with Gasteiger partial charge in [-0.3, -0.25) is 9.80 Å². The van der Waals surface area contributed by atoms with E-state index in [1.54, 1.807) is 7.11 Å². The van der Waals surface area contributed by atoms with Crippen LogP contribution in [-0.2, 0) is 23.1 Å². The number of piperazine rings is 1. The van der Waals surface area contributed by atoms with Crippen molar-refractivity contribution in [1.82, 2.24) is 19.4 Å². The van der Waals surface area contributed by atoms with Crippen LogP contribution >= 0.6 is 0 Å².